The number of carbonyl (C=O) groups is 1. The maximum Gasteiger partial charge on any atom is 0.223 e. The second kappa shape index (κ2) is 6.48. The van der Waals surface area contributed by atoms with Crippen LogP contribution in [-0.2, 0) is 17.6 Å². The molecule has 0 bridgehead atoms. The van der Waals surface area contributed by atoms with E-state index >= 15 is 0 Å². The minimum Gasteiger partial charge on any atom is -0.355 e. The molecule has 1 fully saturated rings. The molecule has 0 radical (unpaired) electrons. The van der Waals surface area contributed by atoms with Crippen LogP contribution < -0.4 is 10.6 Å². The van der Waals surface area contributed by atoms with Crippen LogP contribution in [0.2, 0.25) is 0 Å². The van der Waals surface area contributed by atoms with Gasteiger partial charge >= 0.3 is 0 Å². The molecule has 1 saturated heterocycles. The molecule has 2 heterocycles. The summed E-state index contributed by atoms with van der Waals surface area (Å²) >= 11 is 1.75. The van der Waals surface area contributed by atoms with E-state index in [0.717, 1.165) is 30.9 Å². The highest BCUT2D eigenvalue weighted by Crippen LogP contribution is 2.18. The second-order valence-electron chi connectivity index (χ2n) is 5.21. The molecule has 19 heavy (non-hydrogen) atoms. The van der Waals surface area contributed by atoms with Gasteiger partial charge in [-0.2, -0.15) is 0 Å². The van der Waals surface area contributed by atoms with Crippen molar-refractivity contribution in [3.63, 3.8) is 0 Å². The fraction of sp³-hybridized carbons (Fsp3) is 0.714. The van der Waals surface area contributed by atoms with Crippen LogP contribution >= 0.6 is 11.3 Å². The molecule has 0 aromatic carbocycles. The lowest BCUT2D eigenvalue weighted by Gasteiger charge is -2.31. The van der Waals surface area contributed by atoms with Gasteiger partial charge in [0.05, 0.1) is 10.7 Å². The molecule has 0 aliphatic carbocycles. The van der Waals surface area contributed by atoms with Gasteiger partial charge in [-0.25, -0.2) is 4.98 Å². The van der Waals surface area contributed by atoms with Crippen molar-refractivity contribution < 1.29 is 4.79 Å². The monoisotopic (exact) mass is 281 g/mol. The Balaban J connectivity index is 1.74. The van der Waals surface area contributed by atoms with Gasteiger partial charge in [-0.3, -0.25) is 4.79 Å². The van der Waals surface area contributed by atoms with Crippen molar-refractivity contribution >= 4 is 17.2 Å². The van der Waals surface area contributed by atoms with Crippen LogP contribution in [0.4, 0.5) is 0 Å². The molecule has 1 atom stereocenters. The van der Waals surface area contributed by atoms with Gasteiger partial charge in [-0.05, 0) is 32.4 Å². The van der Waals surface area contributed by atoms with Gasteiger partial charge in [0, 0.05) is 23.8 Å². The summed E-state index contributed by atoms with van der Waals surface area (Å²) in [6.07, 6.45) is 1.83. The molecule has 1 aliphatic heterocycles. The molecule has 5 heteroatoms. The first kappa shape index (κ1) is 14.5. The highest BCUT2D eigenvalue weighted by molar-refractivity contribution is 7.11. The lowest BCUT2D eigenvalue weighted by atomic mass is 9.88. The number of amides is 1. The molecule has 2 N–H and O–H groups in total. The van der Waals surface area contributed by atoms with E-state index < -0.39 is 0 Å². The van der Waals surface area contributed by atoms with Crippen LogP contribution in [0.25, 0.3) is 0 Å². The maximum absolute atomic E-state index is 11.9. The SMILES string of the molecule is CCc1nc(CCNC(=O)C(C)C2CNC2)sc1C. The summed E-state index contributed by atoms with van der Waals surface area (Å²) in [6.45, 7) is 8.90. The van der Waals surface area contributed by atoms with Crippen LogP contribution in [0.1, 0.15) is 29.4 Å². The van der Waals surface area contributed by atoms with E-state index in [9.17, 15) is 4.79 Å². The topological polar surface area (TPSA) is 54.0 Å². The zero-order chi connectivity index (χ0) is 13.8. The summed E-state index contributed by atoms with van der Waals surface area (Å²) in [5.41, 5.74) is 1.19. The molecule has 1 aliphatic rings. The van der Waals surface area contributed by atoms with Crippen molar-refractivity contribution in [2.45, 2.75) is 33.6 Å². The quantitative estimate of drug-likeness (QED) is 0.831. The van der Waals surface area contributed by atoms with E-state index in [-0.39, 0.29) is 11.8 Å². The minimum absolute atomic E-state index is 0.116. The summed E-state index contributed by atoms with van der Waals surface area (Å²) in [6, 6.07) is 0. The number of aromatic nitrogens is 1. The van der Waals surface area contributed by atoms with Gasteiger partial charge in [0.1, 0.15) is 0 Å². The lowest BCUT2D eigenvalue weighted by Crippen LogP contribution is -2.49. The zero-order valence-electron chi connectivity index (χ0n) is 12.0. The average molecular weight is 281 g/mol. The Morgan fingerprint density at radius 3 is 2.84 bits per heavy atom. The first-order valence-corrected chi connectivity index (χ1v) is 7.87. The summed E-state index contributed by atoms with van der Waals surface area (Å²) in [7, 11) is 0. The predicted molar refractivity (Wildman–Crippen MR) is 78.5 cm³/mol. The molecule has 106 valence electrons. The Hall–Kier alpha value is -0.940. The third kappa shape index (κ3) is 3.54. The zero-order valence-corrected chi connectivity index (χ0v) is 12.8. The Morgan fingerprint density at radius 1 is 1.58 bits per heavy atom. The number of thiazole rings is 1. The van der Waals surface area contributed by atoms with E-state index in [0.29, 0.717) is 12.5 Å². The van der Waals surface area contributed by atoms with Gasteiger partial charge in [0.2, 0.25) is 5.91 Å². The van der Waals surface area contributed by atoms with Crippen molar-refractivity contribution in [2.75, 3.05) is 19.6 Å². The number of hydrogen-bond acceptors (Lipinski definition) is 4. The van der Waals surface area contributed by atoms with Gasteiger partial charge in [0.25, 0.3) is 0 Å². The normalized spacial score (nSPS) is 17.0. The van der Waals surface area contributed by atoms with E-state index in [4.69, 9.17) is 0 Å². The number of nitrogens with zero attached hydrogens (tertiary/aromatic N) is 1. The minimum atomic E-state index is 0.116. The van der Waals surface area contributed by atoms with Crippen LogP contribution in [0, 0.1) is 18.8 Å². The van der Waals surface area contributed by atoms with Gasteiger partial charge in [0.15, 0.2) is 0 Å². The number of aryl methyl sites for hydroxylation is 2. The van der Waals surface area contributed by atoms with Crippen molar-refractivity contribution in [1.82, 2.24) is 15.6 Å². The first-order valence-electron chi connectivity index (χ1n) is 7.05. The number of hydrogen-bond donors (Lipinski definition) is 2. The van der Waals surface area contributed by atoms with Crippen molar-refractivity contribution in [1.29, 1.82) is 0 Å². The van der Waals surface area contributed by atoms with E-state index in [1.54, 1.807) is 11.3 Å². The van der Waals surface area contributed by atoms with Gasteiger partial charge in [-0.15, -0.1) is 11.3 Å². The number of carbonyl (C=O) groups excluding carboxylic acids is 1. The summed E-state index contributed by atoms with van der Waals surface area (Å²) in [4.78, 5) is 17.8. The Morgan fingerprint density at radius 2 is 2.32 bits per heavy atom. The number of rotatable bonds is 6. The van der Waals surface area contributed by atoms with Gasteiger partial charge < -0.3 is 10.6 Å². The molecule has 4 nitrogen and oxygen atoms in total. The summed E-state index contributed by atoms with van der Waals surface area (Å²) in [5, 5.41) is 7.36. The standard InChI is InChI=1S/C14H23N3OS/c1-4-12-10(3)19-13(17-12)5-6-16-14(18)9(2)11-7-15-8-11/h9,11,15H,4-8H2,1-3H3,(H,16,18). The molecular weight excluding hydrogens is 258 g/mol. The van der Waals surface area contributed by atoms with Crippen LogP contribution in [-0.4, -0.2) is 30.5 Å². The molecular formula is C14H23N3OS. The second-order valence-corrected chi connectivity index (χ2v) is 6.50. The average Bonchev–Trinajstić information content (AvgIpc) is 2.67. The van der Waals surface area contributed by atoms with Crippen LogP contribution in [0.15, 0.2) is 0 Å². The Kier molecular flexibility index (Phi) is 4.93. The van der Waals surface area contributed by atoms with E-state index in [2.05, 4.69) is 29.5 Å². The third-order valence-corrected chi connectivity index (χ3v) is 4.92. The predicted octanol–water partition coefficient (Wildman–Crippen LogP) is 1.53. The van der Waals surface area contributed by atoms with Crippen LogP contribution in [0.5, 0.6) is 0 Å². The van der Waals surface area contributed by atoms with Crippen molar-refractivity contribution in [3.8, 4) is 0 Å². The van der Waals surface area contributed by atoms with Crippen molar-refractivity contribution in [2.24, 2.45) is 11.8 Å². The van der Waals surface area contributed by atoms with E-state index in [1.807, 2.05) is 6.92 Å². The highest BCUT2D eigenvalue weighted by Gasteiger charge is 2.28. The smallest absolute Gasteiger partial charge is 0.223 e. The molecule has 2 rings (SSSR count). The fourth-order valence-corrected chi connectivity index (χ4v) is 3.28. The van der Waals surface area contributed by atoms with Crippen molar-refractivity contribution in [3.05, 3.63) is 15.6 Å². The summed E-state index contributed by atoms with van der Waals surface area (Å²) in [5.74, 6) is 0.801. The number of nitrogens with one attached hydrogen (secondary N) is 2. The van der Waals surface area contributed by atoms with Gasteiger partial charge in [-0.1, -0.05) is 13.8 Å². The third-order valence-electron chi connectivity index (χ3n) is 3.84. The largest absolute Gasteiger partial charge is 0.355 e. The summed E-state index contributed by atoms with van der Waals surface area (Å²) < 4.78 is 0. The molecule has 1 unspecified atom stereocenters. The Labute approximate surface area is 119 Å². The molecule has 0 spiro atoms. The van der Waals surface area contributed by atoms with Crippen LogP contribution in [0.3, 0.4) is 0 Å². The first-order chi connectivity index (χ1) is 9.11. The maximum atomic E-state index is 11.9. The molecule has 0 saturated carbocycles. The van der Waals surface area contributed by atoms with E-state index in [1.165, 1.54) is 10.6 Å². The highest BCUT2D eigenvalue weighted by atomic mass is 32.1. The molecule has 1 aromatic heterocycles. The lowest BCUT2D eigenvalue weighted by molar-refractivity contribution is -0.126. The fourth-order valence-electron chi connectivity index (χ4n) is 2.25. The molecule has 1 amide bonds. The Bertz CT molecular complexity index is 440. The molecule has 1 aromatic rings.